The van der Waals surface area contributed by atoms with Crippen LogP contribution in [0, 0.1) is 11.6 Å². The van der Waals surface area contributed by atoms with Gasteiger partial charge < -0.3 is 5.32 Å². The van der Waals surface area contributed by atoms with Gasteiger partial charge in [0.15, 0.2) is 11.6 Å². The molecule has 0 atom stereocenters. The summed E-state index contributed by atoms with van der Waals surface area (Å²) in [6.07, 6.45) is 3.36. The van der Waals surface area contributed by atoms with Crippen molar-refractivity contribution in [3.05, 3.63) is 70.7 Å². The van der Waals surface area contributed by atoms with Crippen LogP contribution in [0.25, 0.3) is 5.69 Å². The second kappa shape index (κ2) is 7.52. The summed E-state index contributed by atoms with van der Waals surface area (Å²) in [7, 11) is 0. The molecule has 3 rings (SSSR count). The number of anilines is 1. The van der Waals surface area contributed by atoms with Crippen LogP contribution in [-0.4, -0.2) is 20.7 Å². The third-order valence-electron chi connectivity index (χ3n) is 3.52. The number of aryl methyl sites for hydroxylation is 1. The number of hydrogen-bond donors (Lipinski definition) is 1. The largest absolute Gasteiger partial charge is 0.324 e. The maximum atomic E-state index is 13.2. The molecule has 2 aromatic carbocycles. The fourth-order valence-electron chi connectivity index (χ4n) is 2.31. The molecule has 0 spiro atoms. The Balaban J connectivity index is 1.70. The van der Waals surface area contributed by atoms with Crippen molar-refractivity contribution < 1.29 is 13.6 Å². The van der Waals surface area contributed by atoms with E-state index in [4.69, 9.17) is 0 Å². The lowest BCUT2D eigenvalue weighted by Gasteiger charge is -2.11. The zero-order valence-corrected chi connectivity index (χ0v) is 14.5. The fourth-order valence-corrected chi connectivity index (χ4v) is 2.67. The summed E-state index contributed by atoms with van der Waals surface area (Å²) in [5.74, 6) is -2.07. The highest BCUT2D eigenvalue weighted by molar-refractivity contribution is 9.10. The van der Waals surface area contributed by atoms with Crippen LogP contribution in [0.1, 0.15) is 12.0 Å². The molecule has 0 unspecified atom stereocenters. The minimum absolute atomic E-state index is 0.133. The Labute approximate surface area is 150 Å². The molecule has 0 radical (unpaired) electrons. The van der Waals surface area contributed by atoms with E-state index in [0.29, 0.717) is 23.4 Å². The van der Waals surface area contributed by atoms with Gasteiger partial charge in [0.1, 0.15) is 12.7 Å². The van der Waals surface area contributed by atoms with Gasteiger partial charge in [-0.15, -0.1) is 0 Å². The Morgan fingerprint density at radius 3 is 2.72 bits per heavy atom. The zero-order valence-electron chi connectivity index (χ0n) is 12.9. The van der Waals surface area contributed by atoms with Gasteiger partial charge >= 0.3 is 0 Å². The summed E-state index contributed by atoms with van der Waals surface area (Å²) in [5.41, 5.74) is 1.79. The molecule has 1 amide bonds. The van der Waals surface area contributed by atoms with Crippen LogP contribution in [0.15, 0.2) is 53.5 Å². The van der Waals surface area contributed by atoms with Gasteiger partial charge in [0.25, 0.3) is 0 Å². The van der Waals surface area contributed by atoms with E-state index in [9.17, 15) is 13.6 Å². The van der Waals surface area contributed by atoms with Gasteiger partial charge in [-0.1, -0.05) is 22.0 Å². The number of nitrogens with zero attached hydrogens (tertiary/aromatic N) is 3. The van der Waals surface area contributed by atoms with Crippen molar-refractivity contribution in [2.45, 2.75) is 12.8 Å². The van der Waals surface area contributed by atoms with E-state index in [1.165, 1.54) is 23.4 Å². The van der Waals surface area contributed by atoms with E-state index in [0.717, 1.165) is 16.6 Å². The zero-order chi connectivity index (χ0) is 17.8. The Hall–Kier alpha value is -2.61. The summed E-state index contributed by atoms with van der Waals surface area (Å²) < 4.78 is 28.5. The number of hydrogen-bond acceptors (Lipinski definition) is 3. The molecule has 0 aliphatic rings. The van der Waals surface area contributed by atoms with Crippen molar-refractivity contribution in [2.24, 2.45) is 0 Å². The first kappa shape index (κ1) is 17.2. The Morgan fingerprint density at radius 1 is 1.16 bits per heavy atom. The summed E-state index contributed by atoms with van der Waals surface area (Å²) in [4.78, 5) is 16.1. The van der Waals surface area contributed by atoms with Crippen LogP contribution in [0.4, 0.5) is 14.5 Å². The van der Waals surface area contributed by atoms with Gasteiger partial charge in [0.05, 0.1) is 11.4 Å². The molecule has 8 heteroatoms. The van der Waals surface area contributed by atoms with E-state index in [1.54, 1.807) is 12.1 Å². The molecule has 1 heterocycles. The summed E-state index contributed by atoms with van der Waals surface area (Å²) >= 11 is 3.37. The Morgan fingerprint density at radius 2 is 2.00 bits per heavy atom. The van der Waals surface area contributed by atoms with Crippen molar-refractivity contribution in [1.29, 1.82) is 0 Å². The quantitative estimate of drug-likeness (QED) is 0.699. The highest BCUT2D eigenvalue weighted by Crippen LogP contribution is 2.24. The predicted molar refractivity (Wildman–Crippen MR) is 92.4 cm³/mol. The van der Waals surface area contributed by atoms with E-state index in [1.807, 2.05) is 6.07 Å². The lowest BCUT2D eigenvalue weighted by molar-refractivity contribution is -0.116. The van der Waals surface area contributed by atoms with Gasteiger partial charge in [0.2, 0.25) is 5.91 Å². The normalized spacial score (nSPS) is 10.7. The first-order valence-electron chi connectivity index (χ1n) is 7.41. The smallest absolute Gasteiger partial charge is 0.224 e. The summed E-state index contributed by atoms with van der Waals surface area (Å²) in [5, 5.41) is 6.87. The standard InChI is InChI=1S/C17H13BrF2N4O/c18-12-3-5-16(24-10-21-9-22-24)15(8-12)23-17(25)6-2-11-1-4-13(19)14(20)7-11/h1,3-5,7-10H,2,6H2,(H,23,25). The van der Waals surface area contributed by atoms with Crippen molar-refractivity contribution in [3.8, 4) is 5.69 Å². The molecule has 0 aliphatic carbocycles. The number of halogens is 3. The third kappa shape index (κ3) is 4.27. The predicted octanol–water partition coefficient (Wildman–Crippen LogP) is 3.88. The fraction of sp³-hybridized carbons (Fsp3) is 0.118. The molecule has 3 aromatic rings. The molecule has 5 nitrogen and oxygen atoms in total. The summed E-state index contributed by atoms with van der Waals surface area (Å²) in [6.45, 7) is 0. The van der Waals surface area contributed by atoms with Crippen molar-refractivity contribution >= 4 is 27.5 Å². The number of carbonyl (C=O) groups is 1. The molecule has 0 saturated carbocycles. The molecule has 0 aliphatic heterocycles. The van der Waals surface area contributed by atoms with E-state index in [2.05, 4.69) is 31.3 Å². The van der Waals surface area contributed by atoms with Crippen LogP contribution < -0.4 is 5.32 Å². The molecule has 0 saturated heterocycles. The number of carbonyl (C=O) groups excluding carboxylic acids is 1. The first-order valence-corrected chi connectivity index (χ1v) is 8.20. The van der Waals surface area contributed by atoms with E-state index >= 15 is 0 Å². The van der Waals surface area contributed by atoms with E-state index in [-0.39, 0.29) is 12.3 Å². The van der Waals surface area contributed by atoms with E-state index < -0.39 is 11.6 Å². The first-order chi connectivity index (χ1) is 12.0. The summed E-state index contributed by atoms with van der Waals surface area (Å²) in [6, 6.07) is 9.00. The van der Waals surface area contributed by atoms with Gasteiger partial charge in [-0.25, -0.2) is 18.4 Å². The van der Waals surface area contributed by atoms with Gasteiger partial charge in [-0.05, 0) is 42.3 Å². The molecule has 0 bridgehead atoms. The lowest BCUT2D eigenvalue weighted by atomic mass is 10.1. The van der Waals surface area contributed by atoms with Crippen molar-refractivity contribution in [1.82, 2.24) is 14.8 Å². The minimum Gasteiger partial charge on any atom is -0.324 e. The average Bonchev–Trinajstić information content (AvgIpc) is 3.10. The van der Waals surface area contributed by atoms with Crippen LogP contribution in [0.5, 0.6) is 0 Å². The van der Waals surface area contributed by atoms with Gasteiger partial charge in [-0.3, -0.25) is 4.79 Å². The van der Waals surface area contributed by atoms with Crippen molar-refractivity contribution in [2.75, 3.05) is 5.32 Å². The second-order valence-corrected chi connectivity index (χ2v) is 6.21. The molecule has 1 aromatic heterocycles. The Bertz CT molecular complexity index is 900. The third-order valence-corrected chi connectivity index (χ3v) is 4.02. The van der Waals surface area contributed by atoms with Crippen LogP contribution in [0.2, 0.25) is 0 Å². The molecule has 25 heavy (non-hydrogen) atoms. The topological polar surface area (TPSA) is 59.8 Å². The molecular weight excluding hydrogens is 394 g/mol. The second-order valence-electron chi connectivity index (χ2n) is 5.30. The minimum atomic E-state index is -0.918. The number of amides is 1. The monoisotopic (exact) mass is 406 g/mol. The highest BCUT2D eigenvalue weighted by atomic mass is 79.9. The Kier molecular flexibility index (Phi) is 5.18. The van der Waals surface area contributed by atoms with Crippen LogP contribution in [-0.2, 0) is 11.2 Å². The van der Waals surface area contributed by atoms with Crippen LogP contribution in [0.3, 0.4) is 0 Å². The van der Waals surface area contributed by atoms with Crippen molar-refractivity contribution in [3.63, 3.8) is 0 Å². The SMILES string of the molecule is O=C(CCc1ccc(F)c(F)c1)Nc1cc(Br)ccc1-n1cncn1. The molecule has 128 valence electrons. The van der Waals surface area contributed by atoms with Gasteiger partial charge in [-0.2, -0.15) is 5.10 Å². The maximum Gasteiger partial charge on any atom is 0.224 e. The number of nitrogens with one attached hydrogen (secondary N) is 1. The van der Waals surface area contributed by atoms with Crippen LogP contribution >= 0.6 is 15.9 Å². The molecular formula is C17H13BrF2N4O. The molecule has 0 fully saturated rings. The lowest BCUT2D eigenvalue weighted by Crippen LogP contribution is -2.14. The number of benzene rings is 2. The number of rotatable bonds is 5. The highest BCUT2D eigenvalue weighted by Gasteiger charge is 2.11. The average molecular weight is 407 g/mol. The van der Waals surface area contributed by atoms with Gasteiger partial charge in [0, 0.05) is 10.9 Å². The number of aromatic nitrogens is 3. The molecule has 1 N–H and O–H groups in total. The maximum absolute atomic E-state index is 13.2.